The van der Waals surface area contributed by atoms with E-state index in [0.29, 0.717) is 19.6 Å². The van der Waals surface area contributed by atoms with E-state index in [1.807, 2.05) is 0 Å². The molecule has 0 saturated carbocycles. The highest BCUT2D eigenvalue weighted by Gasteiger charge is 2.35. The van der Waals surface area contributed by atoms with Crippen LogP contribution < -0.4 is 5.73 Å². The van der Waals surface area contributed by atoms with E-state index in [4.69, 9.17) is 19.9 Å². The molecule has 14 heavy (non-hydrogen) atoms. The van der Waals surface area contributed by atoms with Gasteiger partial charge in [-0.1, -0.05) is 0 Å². The molecule has 1 rings (SSSR count). The van der Waals surface area contributed by atoms with Crippen molar-refractivity contribution in [2.75, 3.05) is 27.4 Å². The van der Waals surface area contributed by atoms with E-state index in [0.717, 1.165) is 0 Å². The zero-order valence-electron chi connectivity index (χ0n) is 8.68. The van der Waals surface area contributed by atoms with Gasteiger partial charge in [-0.15, -0.1) is 0 Å². The summed E-state index contributed by atoms with van der Waals surface area (Å²) in [6, 6.07) is -0.260. The van der Waals surface area contributed by atoms with Gasteiger partial charge in [0.05, 0.1) is 25.4 Å². The molecule has 0 amide bonds. The zero-order chi connectivity index (χ0) is 10.6. The molecule has 5 heteroatoms. The third-order valence-corrected chi connectivity index (χ3v) is 2.41. The average Bonchev–Trinajstić information content (AvgIpc) is 2.14. The van der Waals surface area contributed by atoms with Crippen molar-refractivity contribution in [3.63, 3.8) is 0 Å². The summed E-state index contributed by atoms with van der Waals surface area (Å²) >= 11 is 0. The normalized spacial score (nSPS) is 38.6. The summed E-state index contributed by atoms with van der Waals surface area (Å²) < 4.78 is 15.5. The van der Waals surface area contributed by atoms with Gasteiger partial charge >= 0.3 is 0 Å². The standard InChI is InChI=1S/C9H19NO4/c1-12-4-6-3-7(10)9(11)8(14-6)5-13-2/h6-9,11H,3-5,10H2,1-2H3. The molecule has 0 bridgehead atoms. The number of aliphatic hydroxyl groups is 1. The molecule has 1 saturated heterocycles. The molecular weight excluding hydrogens is 186 g/mol. The van der Waals surface area contributed by atoms with Crippen molar-refractivity contribution < 1.29 is 19.3 Å². The number of aliphatic hydroxyl groups excluding tert-OH is 1. The summed E-state index contributed by atoms with van der Waals surface area (Å²) in [7, 11) is 3.19. The molecule has 5 nitrogen and oxygen atoms in total. The Morgan fingerprint density at radius 2 is 2.00 bits per heavy atom. The molecule has 4 unspecified atom stereocenters. The Morgan fingerprint density at radius 1 is 1.36 bits per heavy atom. The lowest BCUT2D eigenvalue weighted by molar-refractivity contribution is -0.158. The number of methoxy groups -OCH3 is 2. The number of rotatable bonds is 4. The number of nitrogens with two attached hydrogens (primary N) is 1. The molecule has 1 aliphatic rings. The lowest BCUT2D eigenvalue weighted by atomic mass is 9.97. The van der Waals surface area contributed by atoms with E-state index < -0.39 is 6.10 Å². The first-order valence-corrected chi connectivity index (χ1v) is 4.76. The van der Waals surface area contributed by atoms with Gasteiger partial charge in [0.15, 0.2) is 0 Å². The van der Waals surface area contributed by atoms with Crippen molar-refractivity contribution in [3.05, 3.63) is 0 Å². The van der Waals surface area contributed by atoms with E-state index >= 15 is 0 Å². The van der Waals surface area contributed by atoms with Crippen LogP contribution in [-0.4, -0.2) is 56.9 Å². The van der Waals surface area contributed by atoms with E-state index in [9.17, 15) is 5.11 Å². The van der Waals surface area contributed by atoms with Gasteiger partial charge in [-0.3, -0.25) is 0 Å². The summed E-state index contributed by atoms with van der Waals surface area (Å²) in [5.74, 6) is 0. The van der Waals surface area contributed by atoms with Crippen LogP contribution in [0.5, 0.6) is 0 Å². The zero-order valence-corrected chi connectivity index (χ0v) is 8.68. The third kappa shape index (κ3) is 2.90. The number of hydrogen-bond acceptors (Lipinski definition) is 5. The van der Waals surface area contributed by atoms with Crippen molar-refractivity contribution in [1.82, 2.24) is 0 Å². The lowest BCUT2D eigenvalue weighted by Crippen LogP contribution is -2.54. The van der Waals surface area contributed by atoms with Crippen molar-refractivity contribution in [2.45, 2.75) is 30.8 Å². The molecule has 84 valence electrons. The van der Waals surface area contributed by atoms with E-state index in [1.165, 1.54) is 0 Å². The van der Waals surface area contributed by atoms with Crippen LogP contribution in [0.4, 0.5) is 0 Å². The van der Waals surface area contributed by atoms with Crippen LogP contribution in [0, 0.1) is 0 Å². The maximum atomic E-state index is 9.68. The molecular formula is C9H19NO4. The minimum absolute atomic E-state index is 0.0430. The Kier molecular flexibility index (Phi) is 4.77. The van der Waals surface area contributed by atoms with Crippen molar-refractivity contribution >= 4 is 0 Å². The van der Waals surface area contributed by atoms with Gasteiger partial charge < -0.3 is 25.1 Å². The molecule has 4 atom stereocenters. The average molecular weight is 205 g/mol. The third-order valence-electron chi connectivity index (χ3n) is 2.41. The van der Waals surface area contributed by atoms with Crippen LogP contribution in [-0.2, 0) is 14.2 Å². The molecule has 0 aliphatic carbocycles. The fraction of sp³-hybridized carbons (Fsp3) is 1.00. The van der Waals surface area contributed by atoms with Crippen molar-refractivity contribution in [1.29, 1.82) is 0 Å². The quantitative estimate of drug-likeness (QED) is 0.624. The number of ether oxygens (including phenoxy) is 3. The highest BCUT2D eigenvalue weighted by molar-refractivity contribution is 4.87. The molecule has 1 aliphatic heterocycles. The molecule has 0 aromatic carbocycles. The van der Waals surface area contributed by atoms with Crippen molar-refractivity contribution in [2.24, 2.45) is 5.73 Å². The van der Waals surface area contributed by atoms with Crippen molar-refractivity contribution in [3.8, 4) is 0 Å². The predicted molar refractivity (Wildman–Crippen MR) is 51.0 cm³/mol. The van der Waals surface area contributed by atoms with E-state index in [-0.39, 0.29) is 18.2 Å². The maximum Gasteiger partial charge on any atom is 0.109 e. The summed E-state index contributed by atoms with van der Waals surface area (Å²) in [5, 5.41) is 9.68. The van der Waals surface area contributed by atoms with Gasteiger partial charge in [0.1, 0.15) is 6.10 Å². The number of hydrogen-bond donors (Lipinski definition) is 2. The Bertz CT molecular complexity index is 167. The molecule has 3 N–H and O–H groups in total. The van der Waals surface area contributed by atoms with E-state index in [1.54, 1.807) is 14.2 Å². The first-order chi connectivity index (χ1) is 6.69. The van der Waals surface area contributed by atoms with E-state index in [2.05, 4.69) is 0 Å². The Hall–Kier alpha value is -0.200. The molecule has 0 radical (unpaired) electrons. The highest BCUT2D eigenvalue weighted by atomic mass is 16.6. The molecule has 0 spiro atoms. The van der Waals surface area contributed by atoms with Gasteiger partial charge in [0.25, 0.3) is 0 Å². The summed E-state index contributed by atoms with van der Waals surface area (Å²) in [6.07, 6.45) is -0.416. The van der Waals surface area contributed by atoms with Gasteiger partial charge in [0, 0.05) is 20.3 Å². The minimum Gasteiger partial charge on any atom is -0.389 e. The first-order valence-electron chi connectivity index (χ1n) is 4.76. The van der Waals surface area contributed by atoms with Gasteiger partial charge in [0.2, 0.25) is 0 Å². The maximum absolute atomic E-state index is 9.68. The van der Waals surface area contributed by atoms with Crippen LogP contribution in [0.25, 0.3) is 0 Å². The summed E-state index contributed by atoms with van der Waals surface area (Å²) in [4.78, 5) is 0. The fourth-order valence-corrected chi connectivity index (χ4v) is 1.70. The second-order valence-electron chi connectivity index (χ2n) is 3.60. The second-order valence-corrected chi connectivity index (χ2v) is 3.60. The SMILES string of the molecule is COCC1CC(N)C(O)C(COC)O1. The second kappa shape index (κ2) is 5.63. The Labute approximate surface area is 84.1 Å². The largest absolute Gasteiger partial charge is 0.389 e. The molecule has 0 aromatic rings. The molecule has 1 fully saturated rings. The lowest BCUT2D eigenvalue weighted by Gasteiger charge is -2.37. The minimum atomic E-state index is -0.650. The Morgan fingerprint density at radius 3 is 2.57 bits per heavy atom. The van der Waals surface area contributed by atoms with Gasteiger partial charge in [-0.05, 0) is 6.42 Å². The van der Waals surface area contributed by atoms with Crippen LogP contribution in [0.1, 0.15) is 6.42 Å². The summed E-state index contributed by atoms with van der Waals surface area (Å²) in [5.41, 5.74) is 5.78. The predicted octanol–water partition coefficient (Wildman–Crippen LogP) is -0.875. The van der Waals surface area contributed by atoms with Crippen LogP contribution >= 0.6 is 0 Å². The van der Waals surface area contributed by atoms with Crippen LogP contribution in [0.3, 0.4) is 0 Å². The first kappa shape index (κ1) is 11.9. The molecule has 0 aromatic heterocycles. The van der Waals surface area contributed by atoms with Crippen LogP contribution in [0.2, 0.25) is 0 Å². The van der Waals surface area contributed by atoms with Gasteiger partial charge in [-0.2, -0.15) is 0 Å². The van der Waals surface area contributed by atoms with Gasteiger partial charge in [-0.25, -0.2) is 0 Å². The monoisotopic (exact) mass is 205 g/mol. The smallest absolute Gasteiger partial charge is 0.109 e. The summed E-state index contributed by atoms with van der Waals surface area (Å²) in [6.45, 7) is 0.857. The molecule has 1 heterocycles. The topological polar surface area (TPSA) is 73.9 Å². The Balaban J connectivity index is 2.47. The van der Waals surface area contributed by atoms with Crippen LogP contribution in [0.15, 0.2) is 0 Å². The fourth-order valence-electron chi connectivity index (χ4n) is 1.70. The highest BCUT2D eigenvalue weighted by Crippen LogP contribution is 2.19.